The third-order valence-corrected chi connectivity index (χ3v) is 2.91. The summed E-state index contributed by atoms with van der Waals surface area (Å²) in [5.41, 5.74) is -0.802. The van der Waals surface area contributed by atoms with Crippen LogP contribution in [0.2, 0.25) is 0 Å². The van der Waals surface area contributed by atoms with Gasteiger partial charge in [-0.3, -0.25) is 9.59 Å². The molecule has 0 aromatic rings. The van der Waals surface area contributed by atoms with Crippen molar-refractivity contribution in [2.45, 2.75) is 46.5 Å². The van der Waals surface area contributed by atoms with E-state index in [2.05, 4.69) is 5.32 Å². The standard InChI is InChI=1S/C11H21NO3/c1-4-7-9(13)12-8-11(5-2,6-3)10(14)15/h4-8H2,1-3H3,(H,12,13)(H,14,15). The van der Waals surface area contributed by atoms with E-state index in [-0.39, 0.29) is 12.5 Å². The van der Waals surface area contributed by atoms with Crippen LogP contribution in [0, 0.1) is 5.41 Å². The Balaban J connectivity index is 4.30. The van der Waals surface area contributed by atoms with Gasteiger partial charge >= 0.3 is 5.97 Å². The van der Waals surface area contributed by atoms with Crippen LogP contribution in [0.5, 0.6) is 0 Å². The molecule has 0 bridgehead atoms. The van der Waals surface area contributed by atoms with Gasteiger partial charge in [0.15, 0.2) is 0 Å². The third-order valence-electron chi connectivity index (χ3n) is 2.91. The molecule has 4 heteroatoms. The quantitative estimate of drug-likeness (QED) is 0.680. The van der Waals surface area contributed by atoms with Gasteiger partial charge in [0.25, 0.3) is 0 Å². The number of carbonyl (C=O) groups is 2. The maximum atomic E-state index is 11.2. The Labute approximate surface area is 91.1 Å². The molecule has 0 aromatic heterocycles. The smallest absolute Gasteiger partial charge is 0.311 e. The Morgan fingerprint density at radius 2 is 1.73 bits per heavy atom. The molecule has 0 fully saturated rings. The van der Waals surface area contributed by atoms with Crippen molar-refractivity contribution in [1.29, 1.82) is 0 Å². The zero-order valence-electron chi connectivity index (χ0n) is 9.80. The minimum absolute atomic E-state index is 0.0648. The predicted octanol–water partition coefficient (Wildman–Crippen LogP) is 1.79. The average Bonchev–Trinajstić information content (AvgIpc) is 2.20. The lowest BCUT2D eigenvalue weighted by Crippen LogP contribution is -2.42. The van der Waals surface area contributed by atoms with Crippen LogP contribution in [0.4, 0.5) is 0 Å². The summed E-state index contributed by atoms with van der Waals surface area (Å²) in [6, 6.07) is 0. The number of carboxylic acids is 1. The molecule has 0 spiro atoms. The maximum absolute atomic E-state index is 11.2. The summed E-state index contributed by atoms with van der Waals surface area (Å²) >= 11 is 0. The lowest BCUT2D eigenvalue weighted by molar-refractivity contribution is -0.149. The highest BCUT2D eigenvalue weighted by Gasteiger charge is 2.34. The molecule has 0 unspecified atom stereocenters. The van der Waals surface area contributed by atoms with Gasteiger partial charge in [-0.1, -0.05) is 20.8 Å². The van der Waals surface area contributed by atoms with Gasteiger partial charge in [0, 0.05) is 13.0 Å². The van der Waals surface area contributed by atoms with Crippen molar-refractivity contribution >= 4 is 11.9 Å². The van der Waals surface area contributed by atoms with E-state index in [1.807, 2.05) is 20.8 Å². The van der Waals surface area contributed by atoms with Crippen LogP contribution in [0.1, 0.15) is 46.5 Å². The Kier molecular flexibility index (Phi) is 5.97. The van der Waals surface area contributed by atoms with E-state index >= 15 is 0 Å². The van der Waals surface area contributed by atoms with Crippen molar-refractivity contribution in [2.24, 2.45) is 5.41 Å². The number of carbonyl (C=O) groups excluding carboxylic acids is 1. The molecule has 1 amide bonds. The zero-order chi connectivity index (χ0) is 11.9. The fourth-order valence-corrected chi connectivity index (χ4v) is 1.46. The van der Waals surface area contributed by atoms with E-state index in [4.69, 9.17) is 5.11 Å². The van der Waals surface area contributed by atoms with Crippen molar-refractivity contribution < 1.29 is 14.7 Å². The molecule has 15 heavy (non-hydrogen) atoms. The number of amides is 1. The molecule has 4 nitrogen and oxygen atoms in total. The molecule has 88 valence electrons. The first-order chi connectivity index (χ1) is 7.02. The molecule has 0 radical (unpaired) electrons. The fraction of sp³-hybridized carbons (Fsp3) is 0.818. The van der Waals surface area contributed by atoms with E-state index in [1.165, 1.54) is 0 Å². The molecule has 0 aliphatic rings. The van der Waals surface area contributed by atoms with Crippen LogP contribution in [-0.2, 0) is 9.59 Å². The first-order valence-electron chi connectivity index (χ1n) is 5.52. The second-order valence-corrected chi connectivity index (χ2v) is 3.82. The first-order valence-corrected chi connectivity index (χ1v) is 5.52. The molecule has 0 aliphatic heterocycles. The number of carboxylic acid groups (broad SMARTS) is 1. The second-order valence-electron chi connectivity index (χ2n) is 3.82. The van der Waals surface area contributed by atoms with Gasteiger partial charge in [-0.25, -0.2) is 0 Å². The average molecular weight is 215 g/mol. The summed E-state index contributed by atoms with van der Waals surface area (Å²) in [4.78, 5) is 22.3. The van der Waals surface area contributed by atoms with Crippen LogP contribution >= 0.6 is 0 Å². The normalized spacial score (nSPS) is 11.1. The van der Waals surface area contributed by atoms with Gasteiger partial charge < -0.3 is 10.4 Å². The fourth-order valence-electron chi connectivity index (χ4n) is 1.46. The van der Waals surface area contributed by atoms with Gasteiger partial charge in [-0.05, 0) is 19.3 Å². The molecule has 0 aromatic carbocycles. The zero-order valence-corrected chi connectivity index (χ0v) is 9.80. The number of hydrogen-bond donors (Lipinski definition) is 2. The highest BCUT2D eigenvalue weighted by Crippen LogP contribution is 2.25. The number of nitrogens with one attached hydrogen (secondary N) is 1. The lowest BCUT2D eigenvalue weighted by atomic mass is 9.82. The molecule has 0 heterocycles. The van der Waals surface area contributed by atoms with E-state index in [0.29, 0.717) is 19.3 Å². The molecule has 0 aliphatic carbocycles. The summed E-state index contributed by atoms with van der Waals surface area (Å²) in [6.07, 6.45) is 2.31. The monoisotopic (exact) mass is 215 g/mol. The van der Waals surface area contributed by atoms with E-state index in [9.17, 15) is 9.59 Å². The summed E-state index contributed by atoms with van der Waals surface area (Å²) < 4.78 is 0. The van der Waals surface area contributed by atoms with Gasteiger partial charge in [-0.15, -0.1) is 0 Å². The molecular weight excluding hydrogens is 194 g/mol. The number of aliphatic carboxylic acids is 1. The largest absolute Gasteiger partial charge is 0.481 e. The van der Waals surface area contributed by atoms with E-state index in [1.54, 1.807) is 0 Å². The van der Waals surface area contributed by atoms with Crippen LogP contribution in [0.15, 0.2) is 0 Å². The summed E-state index contributed by atoms with van der Waals surface area (Å²) in [6.45, 7) is 5.82. The molecule has 0 atom stereocenters. The molecule has 0 rings (SSSR count). The van der Waals surface area contributed by atoms with Crippen molar-refractivity contribution in [3.8, 4) is 0 Å². The minimum Gasteiger partial charge on any atom is -0.481 e. The van der Waals surface area contributed by atoms with E-state index in [0.717, 1.165) is 6.42 Å². The Hall–Kier alpha value is -1.06. The molecule has 2 N–H and O–H groups in total. The molecular formula is C11H21NO3. The van der Waals surface area contributed by atoms with Gasteiger partial charge in [-0.2, -0.15) is 0 Å². The SMILES string of the molecule is CCCC(=O)NCC(CC)(CC)C(=O)O. The van der Waals surface area contributed by atoms with Crippen molar-refractivity contribution in [2.75, 3.05) is 6.54 Å². The number of rotatable bonds is 7. The summed E-state index contributed by atoms with van der Waals surface area (Å²) in [7, 11) is 0. The van der Waals surface area contributed by atoms with Crippen LogP contribution in [0.3, 0.4) is 0 Å². The maximum Gasteiger partial charge on any atom is 0.311 e. The van der Waals surface area contributed by atoms with Crippen LogP contribution in [-0.4, -0.2) is 23.5 Å². The highest BCUT2D eigenvalue weighted by atomic mass is 16.4. The first kappa shape index (κ1) is 13.9. The topological polar surface area (TPSA) is 66.4 Å². The Bertz CT molecular complexity index is 222. The predicted molar refractivity (Wildman–Crippen MR) is 58.6 cm³/mol. The lowest BCUT2D eigenvalue weighted by Gasteiger charge is -2.26. The summed E-state index contributed by atoms with van der Waals surface area (Å²) in [5.74, 6) is -0.894. The Morgan fingerprint density at radius 1 is 1.20 bits per heavy atom. The van der Waals surface area contributed by atoms with Crippen molar-refractivity contribution in [3.05, 3.63) is 0 Å². The Morgan fingerprint density at radius 3 is 2.07 bits per heavy atom. The van der Waals surface area contributed by atoms with Crippen molar-refractivity contribution in [1.82, 2.24) is 5.32 Å². The highest BCUT2D eigenvalue weighted by molar-refractivity contribution is 5.78. The van der Waals surface area contributed by atoms with Crippen LogP contribution < -0.4 is 5.32 Å². The summed E-state index contributed by atoms with van der Waals surface area (Å²) in [5, 5.41) is 11.8. The number of hydrogen-bond acceptors (Lipinski definition) is 2. The van der Waals surface area contributed by atoms with Gasteiger partial charge in [0.05, 0.1) is 5.41 Å². The van der Waals surface area contributed by atoms with Crippen LogP contribution in [0.25, 0.3) is 0 Å². The van der Waals surface area contributed by atoms with Crippen molar-refractivity contribution in [3.63, 3.8) is 0 Å². The minimum atomic E-state index is -0.829. The van der Waals surface area contributed by atoms with E-state index < -0.39 is 11.4 Å². The second kappa shape index (κ2) is 6.43. The molecule has 0 saturated heterocycles. The van der Waals surface area contributed by atoms with Gasteiger partial charge in [0.2, 0.25) is 5.91 Å². The molecule has 0 saturated carbocycles. The van der Waals surface area contributed by atoms with Gasteiger partial charge in [0.1, 0.15) is 0 Å². The third kappa shape index (κ3) is 3.90.